The number of hydrogen-bond acceptors (Lipinski definition) is 4. The van der Waals surface area contributed by atoms with Gasteiger partial charge in [-0.05, 0) is 6.92 Å². The van der Waals surface area contributed by atoms with Crippen LogP contribution in [-0.4, -0.2) is 53.4 Å². The fourth-order valence-electron chi connectivity index (χ4n) is 1.01. The van der Waals surface area contributed by atoms with Gasteiger partial charge in [-0.25, -0.2) is 0 Å². The summed E-state index contributed by atoms with van der Waals surface area (Å²) in [5.74, 6) is -0.127. The Bertz CT molecular complexity index is 144. The van der Waals surface area contributed by atoms with Crippen molar-refractivity contribution in [2.45, 2.75) is 19.4 Å². The van der Waals surface area contributed by atoms with Gasteiger partial charge in [0.2, 0.25) is 5.91 Å². The molecule has 1 amide bonds. The summed E-state index contributed by atoms with van der Waals surface area (Å²) in [5.41, 5.74) is 5.45. The van der Waals surface area contributed by atoms with Gasteiger partial charge in [-0.2, -0.15) is 0 Å². The molecule has 0 fully saturated rings. The van der Waals surface area contributed by atoms with Gasteiger partial charge in [0.05, 0.1) is 13.2 Å². The first-order valence-electron chi connectivity index (χ1n) is 4.37. The van der Waals surface area contributed by atoms with Crippen molar-refractivity contribution in [3.05, 3.63) is 0 Å². The molecule has 1 unspecified atom stereocenters. The van der Waals surface area contributed by atoms with Gasteiger partial charge in [-0.15, -0.1) is 0 Å². The molecule has 0 rings (SSSR count). The fraction of sp³-hybridized carbons (Fsp3) is 0.875. The summed E-state index contributed by atoms with van der Waals surface area (Å²) in [4.78, 5) is 12.8. The number of nitrogens with zero attached hydrogens (tertiary/aromatic N) is 1. The summed E-state index contributed by atoms with van der Waals surface area (Å²) < 4.78 is 0. The van der Waals surface area contributed by atoms with Gasteiger partial charge < -0.3 is 20.8 Å². The van der Waals surface area contributed by atoms with Crippen LogP contribution in [0.3, 0.4) is 0 Å². The van der Waals surface area contributed by atoms with Gasteiger partial charge in [0.1, 0.15) is 0 Å². The predicted octanol–water partition coefficient (Wildman–Crippen LogP) is -1.46. The zero-order valence-corrected chi connectivity index (χ0v) is 7.94. The van der Waals surface area contributed by atoms with Crippen LogP contribution in [0.5, 0.6) is 0 Å². The highest BCUT2D eigenvalue weighted by Crippen LogP contribution is 1.96. The zero-order chi connectivity index (χ0) is 10.3. The fourth-order valence-corrected chi connectivity index (χ4v) is 1.01. The molecule has 0 aliphatic heterocycles. The molecule has 4 N–H and O–H groups in total. The predicted molar refractivity (Wildman–Crippen MR) is 49.0 cm³/mol. The SMILES string of the molecule is CC(N)CC(=O)N(CCO)CCO. The minimum absolute atomic E-state index is 0.0926. The van der Waals surface area contributed by atoms with Gasteiger partial charge in [-0.3, -0.25) is 4.79 Å². The summed E-state index contributed by atoms with van der Waals surface area (Å²) in [5, 5.41) is 17.3. The molecule has 5 heteroatoms. The van der Waals surface area contributed by atoms with Crippen molar-refractivity contribution in [3.8, 4) is 0 Å². The van der Waals surface area contributed by atoms with Crippen molar-refractivity contribution in [2.24, 2.45) is 5.73 Å². The van der Waals surface area contributed by atoms with E-state index >= 15 is 0 Å². The molecular weight excluding hydrogens is 172 g/mol. The molecular formula is C8H18N2O3. The molecule has 0 aromatic carbocycles. The summed E-state index contributed by atoms with van der Waals surface area (Å²) in [6, 6.07) is -0.188. The maximum Gasteiger partial charge on any atom is 0.224 e. The highest BCUT2D eigenvalue weighted by molar-refractivity contribution is 5.76. The van der Waals surface area contributed by atoms with Crippen LogP contribution in [0.15, 0.2) is 0 Å². The number of rotatable bonds is 6. The van der Waals surface area contributed by atoms with Crippen molar-refractivity contribution in [1.82, 2.24) is 4.90 Å². The summed E-state index contributed by atoms with van der Waals surface area (Å²) in [6.45, 7) is 2.07. The van der Waals surface area contributed by atoms with Crippen molar-refractivity contribution in [1.29, 1.82) is 0 Å². The van der Waals surface area contributed by atoms with Crippen molar-refractivity contribution < 1.29 is 15.0 Å². The van der Waals surface area contributed by atoms with Crippen LogP contribution in [0.25, 0.3) is 0 Å². The van der Waals surface area contributed by atoms with E-state index in [1.807, 2.05) is 0 Å². The molecule has 0 saturated heterocycles. The van der Waals surface area contributed by atoms with E-state index in [0.717, 1.165) is 0 Å². The van der Waals surface area contributed by atoms with Crippen LogP contribution >= 0.6 is 0 Å². The lowest BCUT2D eigenvalue weighted by Crippen LogP contribution is -2.38. The van der Waals surface area contributed by atoms with Gasteiger partial charge in [-0.1, -0.05) is 0 Å². The van der Waals surface area contributed by atoms with E-state index in [4.69, 9.17) is 15.9 Å². The molecule has 0 aliphatic carbocycles. The maximum absolute atomic E-state index is 11.4. The molecule has 5 nitrogen and oxygen atoms in total. The van der Waals surface area contributed by atoms with Crippen LogP contribution < -0.4 is 5.73 Å². The maximum atomic E-state index is 11.4. The summed E-state index contributed by atoms with van der Waals surface area (Å²) >= 11 is 0. The van der Waals surface area contributed by atoms with E-state index in [-0.39, 0.29) is 44.7 Å². The van der Waals surface area contributed by atoms with E-state index in [9.17, 15) is 4.79 Å². The summed E-state index contributed by atoms with van der Waals surface area (Å²) in [6.07, 6.45) is 0.250. The molecule has 78 valence electrons. The monoisotopic (exact) mass is 190 g/mol. The standard InChI is InChI=1S/C8H18N2O3/c1-7(9)6-8(13)10(2-4-11)3-5-12/h7,11-12H,2-6,9H2,1H3. The van der Waals surface area contributed by atoms with E-state index in [1.165, 1.54) is 4.90 Å². The van der Waals surface area contributed by atoms with Gasteiger partial charge in [0.25, 0.3) is 0 Å². The smallest absolute Gasteiger partial charge is 0.224 e. The lowest BCUT2D eigenvalue weighted by molar-refractivity contribution is -0.132. The zero-order valence-electron chi connectivity index (χ0n) is 7.94. The Balaban J connectivity index is 3.95. The van der Waals surface area contributed by atoms with E-state index in [0.29, 0.717) is 0 Å². The molecule has 0 radical (unpaired) electrons. The second-order valence-corrected chi connectivity index (χ2v) is 3.01. The second-order valence-electron chi connectivity index (χ2n) is 3.01. The number of amides is 1. The minimum Gasteiger partial charge on any atom is -0.395 e. The number of hydrogen-bond donors (Lipinski definition) is 3. The molecule has 0 aliphatic rings. The first-order valence-corrected chi connectivity index (χ1v) is 4.37. The number of carbonyl (C=O) groups excluding carboxylic acids is 1. The number of aliphatic hydroxyl groups excluding tert-OH is 2. The lowest BCUT2D eigenvalue weighted by atomic mass is 10.2. The lowest BCUT2D eigenvalue weighted by Gasteiger charge is -2.21. The van der Waals surface area contributed by atoms with Crippen LogP contribution in [0.1, 0.15) is 13.3 Å². The van der Waals surface area contributed by atoms with E-state index in [2.05, 4.69) is 0 Å². The first-order chi connectivity index (χ1) is 6.11. The molecule has 0 aromatic heterocycles. The third kappa shape index (κ3) is 5.57. The Morgan fingerprint density at radius 2 is 1.85 bits per heavy atom. The van der Waals surface area contributed by atoms with Crippen LogP contribution in [-0.2, 0) is 4.79 Å². The Kier molecular flexibility index (Phi) is 6.48. The van der Waals surface area contributed by atoms with Crippen LogP contribution in [0.4, 0.5) is 0 Å². The van der Waals surface area contributed by atoms with Crippen molar-refractivity contribution in [3.63, 3.8) is 0 Å². The van der Waals surface area contributed by atoms with Gasteiger partial charge in [0, 0.05) is 25.6 Å². The average Bonchev–Trinajstić information content (AvgIpc) is 2.02. The first kappa shape index (κ1) is 12.3. The van der Waals surface area contributed by atoms with E-state index in [1.54, 1.807) is 6.92 Å². The third-order valence-electron chi connectivity index (χ3n) is 1.59. The number of nitrogens with two attached hydrogens (primary N) is 1. The Hall–Kier alpha value is -0.650. The average molecular weight is 190 g/mol. The quantitative estimate of drug-likeness (QED) is 0.477. The molecule has 1 atom stereocenters. The molecule has 0 bridgehead atoms. The number of carbonyl (C=O) groups is 1. The van der Waals surface area contributed by atoms with Crippen molar-refractivity contribution >= 4 is 5.91 Å². The van der Waals surface area contributed by atoms with Crippen molar-refractivity contribution in [2.75, 3.05) is 26.3 Å². The molecule has 0 heterocycles. The molecule has 13 heavy (non-hydrogen) atoms. The Morgan fingerprint density at radius 3 is 2.15 bits per heavy atom. The second kappa shape index (κ2) is 6.82. The molecule has 0 aromatic rings. The number of aliphatic hydroxyl groups is 2. The van der Waals surface area contributed by atoms with Gasteiger partial charge >= 0.3 is 0 Å². The normalized spacial score (nSPS) is 12.6. The largest absolute Gasteiger partial charge is 0.395 e. The van der Waals surface area contributed by atoms with Crippen LogP contribution in [0.2, 0.25) is 0 Å². The highest BCUT2D eigenvalue weighted by atomic mass is 16.3. The topological polar surface area (TPSA) is 86.8 Å². The van der Waals surface area contributed by atoms with Gasteiger partial charge in [0.15, 0.2) is 0 Å². The molecule has 0 spiro atoms. The minimum atomic E-state index is -0.188. The molecule has 0 saturated carbocycles. The highest BCUT2D eigenvalue weighted by Gasteiger charge is 2.13. The Labute approximate surface area is 78.1 Å². The van der Waals surface area contributed by atoms with Crippen LogP contribution in [0, 0.1) is 0 Å². The third-order valence-corrected chi connectivity index (χ3v) is 1.59. The summed E-state index contributed by atoms with van der Waals surface area (Å²) in [7, 11) is 0. The Morgan fingerprint density at radius 1 is 1.38 bits per heavy atom. The van der Waals surface area contributed by atoms with E-state index < -0.39 is 0 Å².